The van der Waals surface area contributed by atoms with Gasteiger partial charge in [0.25, 0.3) is 0 Å². The van der Waals surface area contributed by atoms with Crippen molar-refractivity contribution in [3.05, 3.63) is 29.8 Å². The average molecular weight is 340 g/mol. The second-order valence-electron chi connectivity index (χ2n) is 6.82. The minimum Gasteiger partial charge on any atom is -0.328 e. The highest BCUT2D eigenvalue weighted by atomic mass is 35.5. The fourth-order valence-corrected chi connectivity index (χ4v) is 3.02. The monoisotopic (exact) mass is 339 g/mol. The molecule has 0 aliphatic carbocycles. The zero-order valence-electron chi connectivity index (χ0n) is 14.4. The molecule has 1 aliphatic heterocycles. The van der Waals surface area contributed by atoms with Gasteiger partial charge < -0.3 is 11.1 Å². The van der Waals surface area contributed by atoms with Gasteiger partial charge in [0, 0.05) is 18.3 Å². The van der Waals surface area contributed by atoms with E-state index in [1.54, 1.807) is 0 Å². The summed E-state index contributed by atoms with van der Waals surface area (Å²) in [4.78, 5) is 14.4. The molecule has 1 fully saturated rings. The zero-order chi connectivity index (χ0) is 16.1. The number of rotatable bonds is 5. The summed E-state index contributed by atoms with van der Waals surface area (Å²) in [6.07, 6.45) is 2.30. The third-order valence-electron chi connectivity index (χ3n) is 4.51. The Morgan fingerprint density at radius 1 is 1.30 bits per heavy atom. The summed E-state index contributed by atoms with van der Waals surface area (Å²) < 4.78 is 0. The Labute approximate surface area is 146 Å². The third-order valence-corrected chi connectivity index (χ3v) is 4.51. The van der Waals surface area contributed by atoms with Crippen LogP contribution in [0.3, 0.4) is 0 Å². The van der Waals surface area contributed by atoms with Crippen molar-refractivity contribution in [1.82, 2.24) is 4.90 Å². The maximum absolute atomic E-state index is 12.2. The molecule has 1 saturated heterocycles. The number of nitrogens with zero attached hydrogens (tertiary/aromatic N) is 1. The van der Waals surface area contributed by atoms with Crippen molar-refractivity contribution >= 4 is 24.0 Å². The Bertz CT molecular complexity index is 488. The van der Waals surface area contributed by atoms with Crippen molar-refractivity contribution in [1.29, 1.82) is 0 Å². The van der Waals surface area contributed by atoms with Crippen LogP contribution in [0.25, 0.3) is 0 Å². The number of likely N-dealkylation sites (tertiary alicyclic amines) is 1. The van der Waals surface area contributed by atoms with Crippen molar-refractivity contribution < 1.29 is 4.79 Å². The minimum atomic E-state index is 0. The van der Waals surface area contributed by atoms with Gasteiger partial charge in [-0.3, -0.25) is 9.69 Å². The van der Waals surface area contributed by atoms with Gasteiger partial charge in [0.1, 0.15) is 0 Å². The first-order valence-electron chi connectivity index (χ1n) is 8.33. The van der Waals surface area contributed by atoms with Gasteiger partial charge in [0.05, 0.1) is 6.54 Å². The van der Waals surface area contributed by atoms with Gasteiger partial charge in [0.2, 0.25) is 5.91 Å². The molecule has 0 radical (unpaired) electrons. The zero-order valence-corrected chi connectivity index (χ0v) is 15.2. The molecule has 2 unspecified atom stereocenters. The molecule has 2 rings (SSSR count). The second-order valence-corrected chi connectivity index (χ2v) is 6.82. The number of benzene rings is 1. The summed E-state index contributed by atoms with van der Waals surface area (Å²) in [7, 11) is 0. The Morgan fingerprint density at radius 3 is 2.52 bits per heavy atom. The number of carbonyl (C=O) groups is 1. The highest BCUT2D eigenvalue weighted by Gasteiger charge is 2.23. The standard InChI is InChI=1S/C18H29N3O.ClH/c1-13(2)15-6-8-17(9-7-15)20-18(22)12-21-10-4-5-16(11-21)14(3)19;/h6-9,13-14,16H,4-5,10-12,19H2,1-3H3,(H,20,22);1H. The predicted molar refractivity (Wildman–Crippen MR) is 99.2 cm³/mol. The summed E-state index contributed by atoms with van der Waals surface area (Å²) >= 11 is 0. The molecule has 3 N–H and O–H groups in total. The fraction of sp³-hybridized carbons (Fsp3) is 0.611. The van der Waals surface area contributed by atoms with E-state index in [2.05, 4.69) is 43.1 Å². The molecule has 5 heteroatoms. The molecule has 1 aromatic carbocycles. The van der Waals surface area contributed by atoms with Crippen molar-refractivity contribution in [3.63, 3.8) is 0 Å². The fourth-order valence-electron chi connectivity index (χ4n) is 3.02. The summed E-state index contributed by atoms with van der Waals surface area (Å²) in [6, 6.07) is 8.32. The van der Waals surface area contributed by atoms with Crippen LogP contribution in [0.2, 0.25) is 0 Å². The number of nitrogens with two attached hydrogens (primary N) is 1. The van der Waals surface area contributed by atoms with Gasteiger partial charge in [-0.1, -0.05) is 26.0 Å². The van der Waals surface area contributed by atoms with Gasteiger partial charge in [-0.25, -0.2) is 0 Å². The lowest BCUT2D eigenvalue weighted by atomic mass is 9.92. The van der Waals surface area contributed by atoms with E-state index in [9.17, 15) is 4.79 Å². The molecule has 4 nitrogen and oxygen atoms in total. The summed E-state index contributed by atoms with van der Waals surface area (Å²) in [6.45, 7) is 8.76. The Balaban J connectivity index is 0.00000264. The number of carbonyl (C=O) groups excluding carboxylic acids is 1. The van der Waals surface area contributed by atoms with E-state index in [0.29, 0.717) is 18.4 Å². The molecular formula is C18H30ClN3O. The quantitative estimate of drug-likeness (QED) is 0.865. The van der Waals surface area contributed by atoms with Gasteiger partial charge in [0.15, 0.2) is 0 Å². The highest BCUT2D eigenvalue weighted by molar-refractivity contribution is 5.92. The topological polar surface area (TPSA) is 58.4 Å². The van der Waals surface area contributed by atoms with E-state index < -0.39 is 0 Å². The van der Waals surface area contributed by atoms with Crippen LogP contribution in [0.1, 0.15) is 45.1 Å². The van der Waals surface area contributed by atoms with Crippen LogP contribution >= 0.6 is 12.4 Å². The van der Waals surface area contributed by atoms with E-state index in [-0.39, 0.29) is 24.4 Å². The first kappa shape index (κ1) is 19.9. The number of hydrogen-bond acceptors (Lipinski definition) is 3. The van der Waals surface area contributed by atoms with E-state index in [4.69, 9.17) is 5.73 Å². The second kappa shape index (κ2) is 9.26. The third kappa shape index (κ3) is 6.13. The van der Waals surface area contributed by atoms with E-state index in [1.165, 1.54) is 12.0 Å². The van der Waals surface area contributed by atoms with Gasteiger partial charge in [-0.15, -0.1) is 12.4 Å². The molecule has 1 aliphatic rings. The largest absolute Gasteiger partial charge is 0.328 e. The van der Waals surface area contributed by atoms with Crippen LogP contribution < -0.4 is 11.1 Å². The van der Waals surface area contributed by atoms with Crippen LogP contribution in [-0.4, -0.2) is 36.5 Å². The number of amides is 1. The Morgan fingerprint density at radius 2 is 1.96 bits per heavy atom. The lowest BCUT2D eigenvalue weighted by Crippen LogP contribution is -2.45. The molecule has 130 valence electrons. The number of piperidine rings is 1. The lowest BCUT2D eigenvalue weighted by Gasteiger charge is -2.34. The van der Waals surface area contributed by atoms with Crippen LogP contribution in [-0.2, 0) is 4.79 Å². The van der Waals surface area contributed by atoms with E-state index >= 15 is 0 Å². The average Bonchev–Trinajstić information content (AvgIpc) is 2.47. The van der Waals surface area contributed by atoms with Crippen LogP contribution in [0.15, 0.2) is 24.3 Å². The molecule has 1 heterocycles. The van der Waals surface area contributed by atoms with Crippen molar-refractivity contribution in [3.8, 4) is 0 Å². The number of hydrogen-bond donors (Lipinski definition) is 2. The lowest BCUT2D eigenvalue weighted by molar-refractivity contribution is -0.117. The van der Waals surface area contributed by atoms with Crippen LogP contribution in [0.5, 0.6) is 0 Å². The van der Waals surface area contributed by atoms with Crippen molar-refractivity contribution in [2.75, 3.05) is 25.0 Å². The maximum Gasteiger partial charge on any atom is 0.238 e. The molecule has 1 aromatic rings. The van der Waals surface area contributed by atoms with E-state index in [0.717, 1.165) is 25.2 Å². The van der Waals surface area contributed by atoms with Crippen molar-refractivity contribution in [2.24, 2.45) is 11.7 Å². The molecule has 0 saturated carbocycles. The predicted octanol–water partition coefficient (Wildman–Crippen LogP) is 3.23. The Kier molecular flexibility index (Phi) is 8.03. The smallest absolute Gasteiger partial charge is 0.238 e. The van der Waals surface area contributed by atoms with E-state index in [1.807, 2.05) is 12.1 Å². The number of halogens is 1. The molecule has 0 spiro atoms. The summed E-state index contributed by atoms with van der Waals surface area (Å²) in [5, 5.41) is 2.99. The number of anilines is 1. The first-order valence-corrected chi connectivity index (χ1v) is 8.33. The summed E-state index contributed by atoms with van der Waals surface area (Å²) in [5.74, 6) is 1.07. The first-order chi connectivity index (χ1) is 10.5. The van der Waals surface area contributed by atoms with Gasteiger partial charge >= 0.3 is 0 Å². The molecule has 1 amide bonds. The van der Waals surface area contributed by atoms with Gasteiger partial charge in [-0.05, 0) is 55.8 Å². The normalized spacial score (nSPS) is 20.0. The summed E-state index contributed by atoms with van der Waals surface area (Å²) in [5.41, 5.74) is 8.15. The highest BCUT2D eigenvalue weighted by Crippen LogP contribution is 2.19. The molecular weight excluding hydrogens is 310 g/mol. The molecule has 23 heavy (non-hydrogen) atoms. The van der Waals surface area contributed by atoms with Crippen molar-refractivity contribution in [2.45, 2.75) is 45.6 Å². The number of nitrogens with one attached hydrogen (secondary N) is 1. The minimum absolute atomic E-state index is 0. The molecule has 2 atom stereocenters. The van der Waals surface area contributed by atoms with Gasteiger partial charge in [-0.2, -0.15) is 0 Å². The van der Waals surface area contributed by atoms with Crippen LogP contribution in [0, 0.1) is 5.92 Å². The SMILES string of the molecule is CC(C)c1ccc(NC(=O)CN2CCCC(C(C)N)C2)cc1.Cl. The molecule has 0 bridgehead atoms. The molecule has 0 aromatic heterocycles. The maximum atomic E-state index is 12.2. The Hall–Kier alpha value is -1.10. The van der Waals surface area contributed by atoms with Crippen LogP contribution in [0.4, 0.5) is 5.69 Å².